The Balaban J connectivity index is 0.00000121. The lowest BCUT2D eigenvalue weighted by molar-refractivity contribution is -0.141. The number of nitrogens with two attached hydrogens (primary N) is 1. The fourth-order valence-corrected chi connectivity index (χ4v) is 4.88. The SMILES string of the molecule is CC.CC.CNCC(=O)N1C[C@@]2(CC1C(=O)NC(CC1CCC1)C(=O)C(N)=O)CC2(C)C. The quantitative estimate of drug-likeness (QED) is 0.486. The Labute approximate surface area is 193 Å². The van der Waals surface area contributed by atoms with Gasteiger partial charge in [0.1, 0.15) is 6.04 Å². The predicted molar refractivity (Wildman–Crippen MR) is 126 cm³/mol. The van der Waals surface area contributed by atoms with Gasteiger partial charge in [-0.3, -0.25) is 19.2 Å². The topological polar surface area (TPSA) is 122 Å². The minimum absolute atomic E-state index is 0.0461. The fourth-order valence-electron chi connectivity index (χ4n) is 4.88. The molecule has 8 heteroatoms. The number of hydrogen-bond donors (Lipinski definition) is 3. The second-order valence-corrected chi connectivity index (χ2v) is 9.44. The van der Waals surface area contributed by atoms with Crippen LogP contribution in [0.4, 0.5) is 0 Å². The van der Waals surface area contributed by atoms with Crippen LogP contribution >= 0.6 is 0 Å². The van der Waals surface area contributed by atoms with Crippen molar-refractivity contribution in [1.82, 2.24) is 15.5 Å². The molecule has 0 bridgehead atoms. The first kappa shape index (κ1) is 28.1. The van der Waals surface area contributed by atoms with Crippen molar-refractivity contribution in [1.29, 1.82) is 0 Å². The third kappa shape index (κ3) is 6.09. The maximum Gasteiger partial charge on any atom is 0.287 e. The van der Waals surface area contributed by atoms with E-state index in [0.29, 0.717) is 25.3 Å². The molecule has 1 aliphatic heterocycles. The molecule has 2 saturated carbocycles. The Morgan fingerprint density at radius 1 is 1.09 bits per heavy atom. The summed E-state index contributed by atoms with van der Waals surface area (Å²) >= 11 is 0. The van der Waals surface area contributed by atoms with E-state index < -0.39 is 23.8 Å². The molecule has 2 unspecified atom stereocenters. The molecule has 0 radical (unpaired) electrons. The van der Waals surface area contributed by atoms with Crippen LogP contribution in [0.1, 0.15) is 80.1 Å². The van der Waals surface area contributed by atoms with Crippen LogP contribution in [-0.4, -0.2) is 60.6 Å². The number of nitrogens with zero attached hydrogens (tertiary/aromatic N) is 1. The molecule has 2 aliphatic carbocycles. The zero-order valence-corrected chi connectivity index (χ0v) is 21.0. The van der Waals surface area contributed by atoms with Crippen molar-refractivity contribution in [3.8, 4) is 0 Å². The molecular formula is C24H44N4O4. The van der Waals surface area contributed by atoms with Crippen LogP contribution in [0.5, 0.6) is 0 Å². The van der Waals surface area contributed by atoms with E-state index >= 15 is 0 Å². The van der Waals surface area contributed by atoms with Gasteiger partial charge in [-0.15, -0.1) is 0 Å². The van der Waals surface area contributed by atoms with Crippen LogP contribution in [0, 0.1) is 16.7 Å². The summed E-state index contributed by atoms with van der Waals surface area (Å²) < 4.78 is 0. The molecule has 3 fully saturated rings. The third-order valence-corrected chi connectivity index (χ3v) is 7.14. The predicted octanol–water partition coefficient (Wildman–Crippen LogP) is 2.00. The normalized spacial score (nSPS) is 26.0. The van der Waals surface area contributed by atoms with E-state index in [9.17, 15) is 19.2 Å². The zero-order chi connectivity index (χ0) is 24.7. The van der Waals surface area contributed by atoms with Gasteiger partial charge >= 0.3 is 0 Å². The number of likely N-dealkylation sites (tertiary alicyclic amines) is 1. The average Bonchev–Trinajstić information content (AvgIpc) is 3.07. The molecule has 0 aromatic rings. The molecule has 4 N–H and O–H groups in total. The number of ketones is 1. The van der Waals surface area contributed by atoms with Gasteiger partial charge in [-0.25, -0.2) is 0 Å². The highest BCUT2D eigenvalue weighted by molar-refractivity contribution is 6.37. The first-order chi connectivity index (χ1) is 15.1. The van der Waals surface area contributed by atoms with Gasteiger partial charge < -0.3 is 21.3 Å². The molecule has 3 rings (SSSR count). The lowest BCUT2D eigenvalue weighted by Gasteiger charge is -2.30. The summed E-state index contributed by atoms with van der Waals surface area (Å²) in [5, 5.41) is 5.60. The van der Waals surface area contributed by atoms with E-state index in [2.05, 4.69) is 24.5 Å². The highest BCUT2D eigenvalue weighted by Gasteiger charge is 2.67. The average molecular weight is 453 g/mol. The molecular weight excluding hydrogens is 408 g/mol. The molecule has 8 nitrogen and oxygen atoms in total. The number of nitrogens with one attached hydrogen (secondary N) is 2. The van der Waals surface area contributed by atoms with Crippen LogP contribution in [0.2, 0.25) is 0 Å². The van der Waals surface area contributed by atoms with Crippen LogP contribution < -0.4 is 16.4 Å². The molecule has 1 saturated heterocycles. The van der Waals surface area contributed by atoms with Gasteiger partial charge in [-0.2, -0.15) is 0 Å². The summed E-state index contributed by atoms with van der Waals surface area (Å²) in [5.41, 5.74) is 5.24. The number of carbonyl (C=O) groups is 4. The second-order valence-electron chi connectivity index (χ2n) is 9.44. The summed E-state index contributed by atoms with van der Waals surface area (Å²) in [5.74, 6) is -1.94. The Morgan fingerprint density at radius 3 is 2.06 bits per heavy atom. The number of hydrogen-bond acceptors (Lipinski definition) is 5. The lowest BCUT2D eigenvalue weighted by Crippen LogP contribution is -2.54. The molecule has 1 spiro atoms. The number of Topliss-reactive ketones (excluding diaryl/α,β-unsaturated/α-hetero) is 1. The minimum atomic E-state index is -1.03. The van der Waals surface area contributed by atoms with Crippen molar-refractivity contribution in [3.05, 3.63) is 0 Å². The van der Waals surface area contributed by atoms with Crippen LogP contribution in [-0.2, 0) is 19.2 Å². The van der Waals surface area contributed by atoms with E-state index in [1.165, 1.54) is 0 Å². The standard InChI is InChI=1S/C20H32N4O4.2C2H6/c1-19(2)10-20(19)8-14(24(11-20)15(25)9-22-3)18(28)23-13(16(26)17(21)27)7-12-5-4-6-12;2*1-2/h12-14,22H,4-11H2,1-3H3,(H2,21,27)(H,23,28);2*1-2H3/t13?,14?,20-;;/m1../s1. The minimum Gasteiger partial charge on any atom is -0.363 e. The van der Waals surface area contributed by atoms with Crippen molar-refractivity contribution in [2.45, 2.75) is 92.2 Å². The highest BCUT2D eigenvalue weighted by Crippen LogP contribution is 2.68. The van der Waals surface area contributed by atoms with Gasteiger partial charge in [0.2, 0.25) is 17.6 Å². The monoisotopic (exact) mass is 452 g/mol. The number of carbonyl (C=O) groups excluding carboxylic acids is 4. The van der Waals surface area contributed by atoms with E-state index in [1.807, 2.05) is 27.7 Å². The second kappa shape index (κ2) is 11.8. The number of rotatable bonds is 8. The Morgan fingerprint density at radius 2 is 1.66 bits per heavy atom. The molecule has 0 aromatic heterocycles. The summed E-state index contributed by atoms with van der Waals surface area (Å²) in [6, 6.07) is -1.52. The first-order valence-corrected chi connectivity index (χ1v) is 12.2. The van der Waals surface area contributed by atoms with Crippen molar-refractivity contribution < 1.29 is 19.2 Å². The van der Waals surface area contributed by atoms with Crippen molar-refractivity contribution in [3.63, 3.8) is 0 Å². The smallest absolute Gasteiger partial charge is 0.287 e. The van der Waals surface area contributed by atoms with Gasteiger partial charge in [-0.05, 0) is 43.1 Å². The maximum absolute atomic E-state index is 13.1. The molecule has 184 valence electrons. The summed E-state index contributed by atoms with van der Waals surface area (Å²) in [7, 11) is 1.69. The van der Waals surface area contributed by atoms with Gasteiger partial charge in [0, 0.05) is 6.54 Å². The van der Waals surface area contributed by atoms with Gasteiger partial charge in [-0.1, -0.05) is 60.8 Å². The Hall–Kier alpha value is -1.96. The van der Waals surface area contributed by atoms with Gasteiger partial charge in [0.15, 0.2) is 0 Å². The van der Waals surface area contributed by atoms with Crippen LogP contribution in [0.15, 0.2) is 0 Å². The molecule has 1 heterocycles. The van der Waals surface area contributed by atoms with E-state index in [0.717, 1.165) is 25.7 Å². The van der Waals surface area contributed by atoms with Crippen LogP contribution in [0.3, 0.4) is 0 Å². The lowest BCUT2D eigenvalue weighted by atomic mass is 9.80. The van der Waals surface area contributed by atoms with Gasteiger partial charge in [0.25, 0.3) is 5.91 Å². The molecule has 3 aliphatic rings. The Kier molecular flexibility index (Phi) is 10.3. The highest BCUT2D eigenvalue weighted by atomic mass is 16.2. The van der Waals surface area contributed by atoms with Crippen molar-refractivity contribution in [2.75, 3.05) is 20.1 Å². The van der Waals surface area contributed by atoms with E-state index in [1.54, 1.807) is 11.9 Å². The van der Waals surface area contributed by atoms with Crippen molar-refractivity contribution >= 4 is 23.5 Å². The summed E-state index contributed by atoms with van der Waals surface area (Å²) in [4.78, 5) is 51.0. The van der Waals surface area contributed by atoms with E-state index in [4.69, 9.17) is 5.73 Å². The molecule has 0 aromatic carbocycles. The molecule has 32 heavy (non-hydrogen) atoms. The largest absolute Gasteiger partial charge is 0.363 e. The molecule has 3 amide bonds. The zero-order valence-electron chi connectivity index (χ0n) is 21.0. The van der Waals surface area contributed by atoms with Crippen LogP contribution in [0.25, 0.3) is 0 Å². The number of primary amides is 1. The van der Waals surface area contributed by atoms with Gasteiger partial charge in [0.05, 0.1) is 12.6 Å². The Bertz CT molecular complexity index is 689. The molecule has 3 atom stereocenters. The third-order valence-electron chi connectivity index (χ3n) is 7.14. The number of likely N-dealkylation sites (N-methyl/N-ethyl adjacent to an activating group) is 1. The first-order valence-electron chi connectivity index (χ1n) is 12.2. The summed E-state index contributed by atoms with van der Waals surface area (Å²) in [6.07, 6.45) is 5.07. The van der Waals surface area contributed by atoms with E-state index in [-0.39, 0.29) is 29.2 Å². The number of amides is 3. The summed E-state index contributed by atoms with van der Waals surface area (Å²) in [6.45, 7) is 13.0. The maximum atomic E-state index is 13.1. The van der Waals surface area contributed by atoms with Crippen molar-refractivity contribution in [2.24, 2.45) is 22.5 Å². The fraction of sp³-hybridized carbons (Fsp3) is 0.833.